The number of nitrogen functional groups attached to an aromatic ring is 1. The molecule has 0 bridgehead atoms. The molecule has 0 heterocycles. The van der Waals surface area contributed by atoms with Crippen molar-refractivity contribution in [1.29, 1.82) is 0 Å². The molecule has 0 aromatic heterocycles. The first-order valence-electron chi connectivity index (χ1n) is 5.91. The van der Waals surface area contributed by atoms with Gasteiger partial charge in [-0.3, -0.25) is 4.79 Å². The van der Waals surface area contributed by atoms with Crippen LogP contribution in [0.1, 0.15) is 20.3 Å². The lowest BCUT2D eigenvalue weighted by Crippen LogP contribution is -2.13. The van der Waals surface area contributed by atoms with Crippen molar-refractivity contribution in [3.8, 4) is 0 Å². The molecular formula is C13H19FN2OS. The standard InChI is InChI=1S/C13H19FN2OS/c1-9(2)8-18-6-5-13(17)16-12-7-10(15)3-4-11(12)14/h3-4,7,9H,5-6,8,15H2,1-2H3,(H,16,17). The summed E-state index contributed by atoms with van der Waals surface area (Å²) in [5.41, 5.74) is 6.11. The van der Waals surface area contributed by atoms with Gasteiger partial charge in [-0.1, -0.05) is 13.8 Å². The molecule has 0 aliphatic heterocycles. The second-order valence-electron chi connectivity index (χ2n) is 4.51. The Morgan fingerprint density at radius 3 is 2.89 bits per heavy atom. The molecule has 0 aliphatic rings. The van der Waals surface area contributed by atoms with E-state index in [0.29, 0.717) is 18.0 Å². The molecule has 0 saturated heterocycles. The van der Waals surface area contributed by atoms with Gasteiger partial charge in [0.25, 0.3) is 0 Å². The fourth-order valence-electron chi connectivity index (χ4n) is 1.34. The van der Waals surface area contributed by atoms with Gasteiger partial charge in [0.05, 0.1) is 5.69 Å². The predicted molar refractivity (Wildman–Crippen MR) is 76.2 cm³/mol. The summed E-state index contributed by atoms with van der Waals surface area (Å²) in [6.45, 7) is 4.27. The molecule has 0 fully saturated rings. The minimum absolute atomic E-state index is 0.147. The minimum atomic E-state index is -0.465. The first-order valence-corrected chi connectivity index (χ1v) is 7.07. The van der Waals surface area contributed by atoms with Crippen molar-refractivity contribution in [3.63, 3.8) is 0 Å². The third kappa shape index (κ3) is 5.40. The number of carbonyl (C=O) groups excluding carboxylic acids is 1. The topological polar surface area (TPSA) is 55.1 Å². The molecule has 3 N–H and O–H groups in total. The van der Waals surface area contributed by atoms with Crippen LogP contribution in [-0.2, 0) is 4.79 Å². The Labute approximate surface area is 111 Å². The average Bonchev–Trinajstić information content (AvgIpc) is 2.29. The summed E-state index contributed by atoms with van der Waals surface area (Å²) >= 11 is 1.73. The van der Waals surface area contributed by atoms with Crippen LogP contribution in [0.2, 0.25) is 0 Å². The fourth-order valence-corrected chi connectivity index (χ4v) is 2.30. The molecule has 0 spiro atoms. The average molecular weight is 270 g/mol. The van der Waals surface area contributed by atoms with Crippen molar-refractivity contribution in [2.75, 3.05) is 22.6 Å². The van der Waals surface area contributed by atoms with Crippen LogP contribution in [0.15, 0.2) is 18.2 Å². The van der Waals surface area contributed by atoms with Crippen LogP contribution in [0.3, 0.4) is 0 Å². The molecule has 1 aromatic rings. The summed E-state index contributed by atoms with van der Waals surface area (Å²) in [5, 5.41) is 2.53. The van der Waals surface area contributed by atoms with E-state index in [1.165, 1.54) is 18.2 Å². The number of thioether (sulfide) groups is 1. The number of benzene rings is 1. The summed E-state index contributed by atoms with van der Waals surface area (Å²) in [7, 11) is 0. The molecule has 0 saturated carbocycles. The zero-order valence-corrected chi connectivity index (χ0v) is 11.5. The van der Waals surface area contributed by atoms with Crippen molar-refractivity contribution in [2.45, 2.75) is 20.3 Å². The highest BCUT2D eigenvalue weighted by atomic mass is 32.2. The van der Waals surface area contributed by atoms with Crippen molar-refractivity contribution >= 4 is 29.0 Å². The molecule has 1 rings (SSSR count). The summed E-state index contributed by atoms with van der Waals surface area (Å²) in [6.07, 6.45) is 0.381. The molecule has 0 radical (unpaired) electrons. The Kier molecular flexibility index (Phi) is 5.98. The van der Waals surface area contributed by atoms with Gasteiger partial charge in [-0.2, -0.15) is 11.8 Å². The normalized spacial score (nSPS) is 10.7. The van der Waals surface area contributed by atoms with Crippen LogP contribution in [0.25, 0.3) is 0 Å². The van der Waals surface area contributed by atoms with Gasteiger partial charge >= 0.3 is 0 Å². The summed E-state index contributed by atoms with van der Waals surface area (Å²) in [4.78, 5) is 11.6. The SMILES string of the molecule is CC(C)CSCCC(=O)Nc1cc(N)ccc1F. The minimum Gasteiger partial charge on any atom is -0.399 e. The third-order valence-electron chi connectivity index (χ3n) is 2.19. The Morgan fingerprint density at radius 2 is 2.22 bits per heavy atom. The van der Waals surface area contributed by atoms with Crippen molar-refractivity contribution < 1.29 is 9.18 Å². The van der Waals surface area contributed by atoms with E-state index in [1.54, 1.807) is 11.8 Å². The maximum Gasteiger partial charge on any atom is 0.225 e. The summed E-state index contributed by atoms with van der Waals surface area (Å²) in [6, 6.07) is 4.14. The molecule has 1 amide bonds. The molecule has 100 valence electrons. The van der Waals surface area contributed by atoms with E-state index >= 15 is 0 Å². The Morgan fingerprint density at radius 1 is 1.50 bits per heavy atom. The van der Waals surface area contributed by atoms with Crippen LogP contribution in [0.4, 0.5) is 15.8 Å². The fraction of sp³-hybridized carbons (Fsp3) is 0.462. The van der Waals surface area contributed by atoms with E-state index < -0.39 is 5.82 Å². The molecule has 3 nitrogen and oxygen atoms in total. The lowest BCUT2D eigenvalue weighted by molar-refractivity contribution is -0.115. The first-order chi connectivity index (χ1) is 8.49. The van der Waals surface area contributed by atoms with Crippen molar-refractivity contribution in [1.82, 2.24) is 0 Å². The van der Waals surface area contributed by atoms with E-state index in [4.69, 9.17) is 5.73 Å². The van der Waals surface area contributed by atoms with E-state index in [1.807, 2.05) is 0 Å². The lowest BCUT2D eigenvalue weighted by atomic mass is 10.2. The highest BCUT2D eigenvalue weighted by Crippen LogP contribution is 2.18. The van der Waals surface area contributed by atoms with Crippen LogP contribution >= 0.6 is 11.8 Å². The summed E-state index contributed by atoms with van der Waals surface area (Å²) < 4.78 is 13.3. The Bertz CT molecular complexity index is 410. The molecular weight excluding hydrogens is 251 g/mol. The molecule has 0 unspecified atom stereocenters. The van der Waals surface area contributed by atoms with Gasteiger partial charge in [-0.05, 0) is 29.9 Å². The van der Waals surface area contributed by atoms with Gasteiger partial charge in [0, 0.05) is 17.9 Å². The smallest absolute Gasteiger partial charge is 0.225 e. The van der Waals surface area contributed by atoms with Gasteiger partial charge in [0.2, 0.25) is 5.91 Å². The number of rotatable bonds is 6. The van der Waals surface area contributed by atoms with Crippen LogP contribution in [0.5, 0.6) is 0 Å². The van der Waals surface area contributed by atoms with Crippen LogP contribution < -0.4 is 11.1 Å². The third-order valence-corrected chi connectivity index (χ3v) is 3.58. The first kappa shape index (κ1) is 14.8. The maximum atomic E-state index is 13.3. The number of nitrogens with two attached hydrogens (primary N) is 1. The largest absolute Gasteiger partial charge is 0.399 e. The van der Waals surface area contributed by atoms with E-state index in [-0.39, 0.29) is 11.6 Å². The molecule has 0 aliphatic carbocycles. The zero-order valence-electron chi connectivity index (χ0n) is 10.7. The highest BCUT2D eigenvalue weighted by Gasteiger charge is 2.07. The van der Waals surface area contributed by atoms with Crippen molar-refractivity contribution in [3.05, 3.63) is 24.0 Å². The number of nitrogens with one attached hydrogen (secondary N) is 1. The van der Waals surface area contributed by atoms with Gasteiger partial charge in [-0.25, -0.2) is 4.39 Å². The molecule has 0 atom stereocenters. The summed E-state index contributed by atoms with van der Waals surface area (Å²) in [5.74, 6) is 1.74. The zero-order chi connectivity index (χ0) is 13.5. The number of hydrogen-bond acceptors (Lipinski definition) is 3. The van der Waals surface area contributed by atoms with E-state index in [0.717, 1.165) is 11.5 Å². The van der Waals surface area contributed by atoms with Gasteiger partial charge in [0.15, 0.2) is 0 Å². The Balaban J connectivity index is 2.38. The van der Waals surface area contributed by atoms with E-state index in [2.05, 4.69) is 19.2 Å². The number of hydrogen-bond donors (Lipinski definition) is 2. The van der Waals surface area contributed by atoms with Gasteiger partial charge < -0.3 is 11.1 Å². The number of halogens is 1. The van der Waals surface area contributed by atoms with Crippen LogP contribution in [0, 0.1) is 11.7 Å². The molecule has 1 aromatic carbocycles. The second-order valence-corrected chi connectivity index (χ2v) is 5.66. The van der Waals surface area contributed by atoms with Gasteiger partial charge in [-0.15, -0.1) is 0 Å². The quantitative estimate of drug-likeness (QED) is 0.617. The number of anilines is 2. The second kappa shape index (κ2) is 7.26. The molecule has 18 heavy (non-hydrogen) atoms. The number of carbonyl (C=O) groups is 1. The highest BCUT2D eigenvalue weighted by molar-refractivity contribution is 7.99. The number of amides is 1. The lowest BCUT2D eigenvalue weighted by Gasteiger charge is -2.08. The van der Waals surface area contributed by atoms with E-state index in [9.17, 15) is 9.18 Å². The van der Waals surface area contributed by atoms with Crippen LogP contribution in [-0.4, -0.2) is 17.4 Å². The monoisotopic (exact) mass is 270 g/mol. The Hall–Kier alpha value is -1.23. The maximum absolute atomic E-state index is 13.3. The van der Waals surface area contributed by atoms with Gasteiger partial charge in [0.1, 0.15) is 5.82 Å². The van der Waals surface area contributed by atoms with Crippen molar-refractivity contribution in [2.24, 2.45) is 5.92 Å². The molecule has 5 heteroatoms. The predicted octanol–water partition coefficient (Wildman–Crippen LogP) is 3.13.